The molecule has 0 saturated carbocycles. The SMILES string of the molecule is Nc1cnc(Cl)cc1C(=O)Nc1c(F)cc(Br)cc1F. The maximum atomic E-state index is 13.6. The first-order chi connectivity index (χ1) is 9.38. The summed E-state index contributed by atoms with van der Waals surface area (Å²) in [4.78, 5) is 15.6. The smallest absolute Gasteiger partial charge is 0.258 e. The number of pyridine rings is 1. The standard InChI is InChI=1S/C12H7BrClF2N3O/c13-5-1-7(15)11(8(16)2-5)19-12(20)6-3-10(14)18-4-9(6)17/h1-4H,17H2,(H,19,20). The van der Waals surface area contributed by atoms with Gasteiger partial charge in [0.25, 0.3) is 5.91 Å². The number of aromatic nitrogens is 1. The molecule has 0 saturated heterocycles. The van der Waals surface area contributed by atoms with Crippen LogP contribution in [0.4, 0.5) is 20.2 Å². The molecule has 1 aromatic carbocycles. The average molecular weight is 363 g/mol. The molecule has 0 aliphatic heterocycles. The number of hydrogen-bond donors (Lipinski definition) is 2. The van der Waals surface area contributed by atoms with E-state index in [4.69, 9.17) is 17.3 Å². The third-order valence-electron chi connectivity index (χ3n) is 2.39. The van der Waals surface area contributed by atoms with Crippen LogP contribution in [-0.4, -0.2) is 10.9 Å². The summed E-state index contributed by atoms with van der Waals surface area (Å²) in [6, 6.07) is 3.27. The Morgan fingerprint density at radius 3 is 2.50 bits per heavy atom. The number of carbonyl (C=O) groups excluding carboxylic acids is 1. The molecule has 1 amide bonds. The molecule has 0 unspecified atom stereocenters. The Labute approximate surface area is 126 Å². The molecule has 3 N–H and O–H groups in total. The topological polar surface area (TPSA) is 68.0 Å². The molecule has 20 heavy (non-hydrogen) atoms. The summed E-state index contributed by atoms with van der Waals surface area (Å²) < 4.78 is 27.4. The van der Waals surface area contributed by atoms with E-state index in [0.29, 0.717) is 0 Å². The molecule has 0 radical (unpaired) electrons. The predicted molar refractivity (Wildman–Crippen MR) is 75.7 cm³/mol. The van der Waals surface area contributed by atoms with Crippen LogP contribution in [0.25, 0.3) is 0 Å². The Balaban J connectivity index is 2.35. The first-order valence-corrected chi connectivity index (χ1v) is 6.42. The highest BCUT2D eigenvalue weighted by Crippen LogP contribution is 2.25. The molecule has 0 bridgehead atoms. The zero-order chi connectivity index (χ0) is 14.9. The van der Waals surface area contributed by atoms with E-state index in [1.165, 1.54) is 12.3 Å². The molecule has 0 fully saturated rings. The number of nitrogen functional groups attached to an aromatic ring is 1. The fourth-order valence-corrected chi connectivity index (χ4v) is 2.04. The first-order valence-electron chi connectivity index (χ1n) is 5.25. The van der Waals surface area contributed by atoms with Crippen molar-refractivity contribution in [2.24, 2.45) is 0 Å². The van der Waals surface area contributed by atoms with Crippen LogP contribution >= 0.6 is 27.5 Å². The lowest BCUT2D eigenvalue weighted by atomic mass is 10.2. The second-order valence-electron chi connectivity index (χ2n) is 3.79. The summed E-state index contributed by atoms with van der Waals surface area (Å²) >= 11 is 8.59. The van der Waals surface area contributed by atoms with Gasteiger partial charge in [0.1, 0.15) is 10.8 Å². The van der Waals surface area contributed by atoms with Crippen molar-refractivity contribution in [3.05, 3.63) is 51.2 Å². The van der Waals surface area contributed by atoms with E-state index >= 15 is 0 Å². The largest absolute Gasteiger partial charge is 0.397 e. The molecule has 0 spiro atoms. The molecular formula is C12H7BrClF2N3O. The highest BCUT2D eigenvalue weighted by atomic mass is 79.9. The molecular weight excluding hydrogens is 356 g/mol. The summed E-state index contributed by atoms with van der Waals surface area (Å²) in [7, 11) is 0. The number of amides is 1. The highest BCUT2D eigenvalue weighted by molar-refractivity contribution is 9.10. The summed E-state index contributed by atoms with van der Waals surface area (Å²) in [6.45, 7) is 0. The van der Waals surface area contributed by atoms with Gasteiger partial charge in [-0.25, -0.2) is 13.8 Å². The number of benzene rings is 1. The molecule has 4 nitrogen and oxygen atoms in total. The van der Waals surface area contributed by atoms with E-state index in [1.807, 2.05) is 0 Å². The maximum absolute atomic E-state index is 13.6. The molecule has 0 atom stereocenters. The quantitative estimate of drug-likeness (QED) is 0.802. The summed E-state index contributed by atoms with van der Waals surface area (Å²) in [5, 5.41) is 2.16. The van der Waals surface area contributed by atoms with Gasteiger partial charge >= 0.3 is 0 Å². The molecule has 1 heterocycles. The minimum Gasteiger partial charge on any atom is -0.397 e. The lowest BCUT2D eigenvalue weighted by Gasteiger charge is -2.09. The van der Waals surface area contributed by atoms with E-state index in [-0.39, 0.29) is 20.9 Å². The molecule has 1 aromatic heterocycles. The molecule has 8 heteroatoms. The second kappa shape index (κ2) is 5.72. The number of anilines is 2. The number of nitrogens with one attached hydrogen (secondary N) is 1. The number of hydrogen-bond acceptors (Lipinski definition) is 3. The van der Waals surface area contributed by atoms with Gasteiger partial charge in [0.2, 0.25) is 0 Å². The third-order valence-corrected chi connectivity index (χ3v) is 3.06. The number of halogens is 4. The van der Waals surface area contributed by atoms with Gasteiger partial charge in [0, 0.05) is 4.47 Å². The van der Waals surface area contributed by atoms with Gasteiger partial charge in [0.15, 0.2) is 11.6 Å². The minimum atomic E-state index is -0.913. The summed E-state index contributed by atoms with van der Waals surface area (Å²) in [5.41, 5.74) is 5.03. The molecule has 0 aliphatic carbocycles. The molecule has 2 aromatic rings. The monoisotopic (exact) mass is 361 g/mol. The number of rotatable bonds is 2. The van der Waals surface area contributed by atoms with Gasteiger partial charge in [-0.3, -0.25) is 4.79 Å². The lowest BCUT2D eigenvalue weighted by Crippen LogP contribution is -2.16. The zero-order valence-corrected chi connectivity index (χ0v) is 12.1. The number of carbonyl (C=O) groups is 1. The highest BCUT2D eigenvalue weighted by Gasteiger charge is 2.17. The second-order valence-corrected chi connectivity index (χ2v) is 5.10. The van der Waals surface area contributed by atoms with E-state index in [1.54, 1.807) is 0 Å². The van der Waals surface area contributed by atoms with Crippen LogP contribution in [-0.2, 0) is 0 Å². The molecule has 0 aliphatic rings. The van der Waals surface area contributed by atoms with Crippen LogP contribution < -0.4 is 11.1 Å². The Morgan fingerprint density at radius 1 is 1.30 bits per heavy atom. The predicted octanol–water partition coefficient (Wildman–Crippen LogP) is 3.61. The Hall–Kier alpha value is -1.73. The van der Waals surface area contributed by atoms with Gasteiger partial charge in [-0.05, 0) is 18.2 Å². The van der Waals surface area contributed by atoms with Gasteiger partial charge < -0.3 is 11.1 Å². The van der Waals surface area contributed by atoms with Crippen LogP contribution in [0.1, 0.15) is 10.4 Å². The fraction of sp³-hybridized carbons (Fsp3) is 0. The summed E-state index contributed by atoms with van der Waals surface area (Å²) in [5.74, 6) is -2.61. The van der Waals surface area contributed by atoms with Crippen molar-refractivity contribution in [3.8, 4) is 0 Å². The Morgan fingerprint density at radius 2 is 1.90 bits per heavy atom. The van der Waals surface area contributed by atoms with E-state index < -0.39 is 23.2 Å². The van der Waals surface area contributed by atoms with Crippen molar-refractivity contribution in [2.75, 3.05) is 11.1 Å². The van der Waals surface area contributed by atoms with E-state index in [9.17, 15) is 13.6 Å². The zero-order valence-electron chi connectivity index (χ0n) is 9.75. The lowest BCUT2D eigenvalue weighted by molar-refractivity contribution is 0.102. The minimum absolute atomic E-state index is 0.0216. The normalized spacial score (nSPS) is 10.4. The first kappa shape index (κ1) is 14.7. The maximum Gasteiger partial charge on any atom is 0.258 e. The van der Waals surface area contributed by atoms with E-state index in [2.05, 4.69) is 26.2 Å². The number of nitrogens with two attached hydrogens (primary N) is 1. The van der Waals surface area contributed by atoms with Crippen LogP contribution in [0.15, 0.2) is 28.9 Å². The van der Waals surface area contributed by atoms with Crippen LogP contribution in [0.5, 0.6) is 0 Å². The van der Waals surface area contributed by atoms with Gasteiger partial charge in [-0.2, -0.15) is 0 Å². The van der Waals surface area contributed by atoms with Crippen molar-refractivity contribution < 1.29 is 13.6 Å². The van der Waals surface area contributed by atoms with Crippen LogP contribution in [0.2, 0.25) is 5.15 Å². The van der Waals surface area contributed by atoms with Crippen molar-refractivity contribution in [1.29, 1.82) is 0 Å². The van der Waals surface area contributed by atoms with E-state index in [0.717, 1.165) is 12.1 Å². The van der Waals surface area contributed by atoms with Gasteiger partial charge in [0.05, 0.1) is 17.4 Å². The van der Waals surface area contributed by atoms with Crippen molar-refractivity contribution in [2.45, 2.75) is 0 Å². The van der Waals surface area contributed by atoms with Gasteiger partial charge in [-0.15, -0.1) is 0 Å². The Bertz CT molecular complexity index is 673. The van der Waals surface area contributed by atoms with Crippen molar-refractivity contribution in [3.63, 3.8) is 0 Å². The Kier molecular flexibility index (Phi) is 4.20. The third kappa shape index (κ3) is 3.05. The number of nitrogens with zero attached hydrogens (tertiary/aromatic N) is 1. The van der Waals surface area contributed by atoms with Crippen molar-refractivity contribution >= 4 is 44.8 Å². The van der Waals surface area contributed by atoms with Crippen LogP contribution in [0.3, 0.4) is 0 Å². The summed E-state index contributed by atoms with van der Waals surface area (Å²) in [6.07, 6.45) is 1.19. The average Bonchev–Trinajstić information content (AvgIpc) is 2.36. The molecule has 2 rings (SSSR count). The van der Waals surface area contributed by atoms with Crippen LogP contribution in [0, 0.1) is 11.6 Å². The van der Waals surface area contributed by atoms with Crippen molar-refractivity contribution in [1.82, 2.24) is 4.98 Å². The molecule has 104 valence electrons. The fourth-order valence-electron chi connectivity index (χ4n) is 1.48. The van der Waals surface area contributed by atoms with Gasteiger partial charge in [-0.1, -0.05) is 27.5 Å².